The molecule has 1 aliphatic rings. The van der Waals surface area contributed by atoms with E-state index >= 15 is 0 Å². The van der Waals surface area contributed by atoms with E-state index in [1.54, 1.807) is 0 Å². The third-order valence-corrected chi connectivity index (χ3v) is 2.34. The third kappa shape index (κ3) is 5.11. The number of carbonyl (C=O) groups excluding carboxylic acids is 1. The number of rotatable bonds is 3. The second kappa shape index (κ2) is 7.15. The van der Waals surface area contributed by atoms with Crippen LogP contribution in [0.5, 0.6) is 0 Å². The van der Waals surface area contributed by atoms with Crippen molar-refractivity contribution in [1.82, 2.24) is 5.32 Å². The van der Waals surface area contributed by atoms with Gasteiger partial charge in [0.1, 0.15) is 0 Å². The Labute approximate surface area is 85.6 Å². The summed E-state index contributed by atoms with van der Waals surface area (Å²) in [5, 5.41) is 3.39. The van der Waals surface area contributed by atoms with E-state index < -0.39 is 0 Å². The van der Waals surface area contributed by atoms with E-state index in [-0.39, 0.29) is 18.4 Å². The standard InChI is InChI=1S/C9H17NO2.ClH/c1-12-9(11)6-5-8-4-2-3-7-10-8;/h8,10H,2-7H2,1H3;1H/t8-;/m0./s1. The van der Waals surface area contributed by atoms with Crippen molar-refractivity contribution in [3.8, 4) is 0 Å². The molecule has 0 aromatic carbocycles. The fourth-order valence-electron chi connectivity index (χ4n) is 1.56. The van der Waals surface area contributed by atoms with Gasteiger partial charge >= 0.3 is 5.97 Å². The number of methoxy groups -OCH3 is 1. The average molecular weight is 208 g/mol. The van der Waals surface area contributed by atoms with Gasteiger partial charge in [-0.15, -0.1) is 12.4 Å². The minimum Gasteiger partial charge on any atom is -0.469 e. The fourth-order valence-corrected chi connectivity index (χ4v) is 1.56. The Morgan fingerprint density at radius 2 is 2.31 bits per heavy atom. The second-order valence-corrected chi connectivity index (χ2v) is 3.26. The molecule has 0 saturated carbocycles. The molecule has 3 nitrogen and oxygen atoms in total. The highest BCUT2D eigenvalue weighted by Gasteiger charge is 2.13. The van der Waals surface area contributed by atoms with Gasteiger partial charge in [-0.25, -0.2) is 0 Å². The highest BCUT2D eigenvalue weighted by molar-refractivity contribution is 5.85. The maximum Gasteiger partial charge on any atom is 0.305 e. The highest BCUT2D eigenvalue weighted by atomic mass is 35.5. The Morgan fingerprint density at radius 1 is 1.54 bits per heavy atom. The molecule has 1 rings (SSSR count). The fraction of sp³-hybridized carbons (Fsp3) is 0.889. The van der Waals surface area contributed by atoms with E-state index in [1.807, 2.05) is 0 Å². The summed E-state index contributed by atoms with van der Waals surface area (Å²) in [4.78, 5) is 10.8. The smallest absolute Gasteiger partial charge is 0.305 e. The Balaban J connectivity index is 0.00000144. The van der Waals surface area contributed by atoms with Crippen molar-refractivity contribution < 1.29 is 9.53 Å². The van der Waals surface area contributed by atoms with E-state index in [2.05, 4.69) is 10.1 Å². The van der Waals surface area contributed by atoms with Gasteiger partial charge in [0.05, 0.1) is 7.11 Å². The average Bonchev–Trinajstić information content (AvgIpc) is 2.16. The first kappa shape index (κ1) is 12.7. The van der Waals surface area contributed by atoms with Gasteiger partial charge in [0.2, 0.25) is 0 Å². The van der Waals surface area contributed by atoms with Crippen LogP contribution in [-0.4, -0.2) is 25.7 Å². The Kier molecular flexibility index (Phi) is 7.00. The molecule has 0 aromatic rings. The van der Waals surface area contributed by atoms with Crippen molar-refractivity contribution in [3.05, 3.63) is 0 Å². The highest BCUT2D eigenvalue weighted by Crippen LogP contribution is 2.11. The maximum atomic E-state index is 10.8. The molecule has 0 bridgehead atoms. The topological polar surface area (TPSA) is 38.3 Å². The number of ether oxygens (including phenoxy) is 1. The molecule has 0 radical (unpaired) electrons. The van der Waals surface area contributed by atoms with Gasteiger partial charge in [-0.1, -0.05) is 6.42 Å². The van der Waals surface area contributed by atoms with Crippen LogP contribution in [0.3, 0.4) is 0 Å². The lowest BCUT2D eigenvalue weighted by Gasteiger charge is -2.22. The minimum atomic E-state index is -0.0950. The first-order valence-corrected chi connectivity index (χ1v) is 4.63. The molecule has 4 heteroatoms. The van der Waals surface area contributed by atoms with E-state index in [0.717, 1.165) is 13.0 Å². The van der Waals surface area contributed by atoms with Gasteiger partial charge in [-0.3, -0.25) is 4.79 Å². The number of carbonyl (C=O) groups is 1. The first-order valence-electron chi connectivity index (χ1n) is 4.63. The maximum absolute atomic E-state index is 10.8. The summed E-state index contributed by atoms with van der Waals surface area (Å²) in [7, 11) is 1.44. The first-order chi connectivity index (χ1) is 5.83. The number of hydrogen-bond acceptors (Lipinski definition) is 3. The van der Waals surface area contributed by atoms with Crippen LogP contribution in [-0.2, 0) is 9.53 Å². The summed E-state index contributed by atoms with van der Waals surface area (Å²) >= 11 is 0. The Bertz CT molecular complexity index is 147. The van der Waals surface area contributed by atoms with Gasteiger partial charge in [0.25, 0.3) is 0 Å². The van der Waals surface area contributed by atoms with Crippen LogP contribution in [0.4, 0.5) is 0 Å². The Hall–Kier alpha value is -0.280. The van der Waals surface area contributed by atoms with E-state index in [4.69, 9.17) is 0 Å². The van der Waals surface area contributed by atoms with Gasteiger partial charge in [-0.2, -0.15) is 0 Å². The van der Waals surface area contributed by atoms with Crippen LogP contribution in [0.2, 0.25) is 0 Å². The van der Waals surface area contributed by atoms with Gasteiger partial charge in [0, 0.05) is 12.5 Å². The molecule has 13 heavy (non-hydrogen) atoms. The van der Waals surface area contributed by atoms with Crippen LogP contribution in [0.1, 0.15) is 32.1 Å². The molecule has 1 heterocycles. The van der Waals surface area contributed by atoms with Crippen LogP contribution in [0.25, 0.3) is 0 Å². The Morgan fingerprint density at radius 3 is 2.85 bits per heavy atom. The predicted molar refractivity (Wildman–Crippen MR) is 54.1 cm³/mol. The predicted octanol–water partition coefficient (Wildman–Crippen LogP) is 1.50. The molecular weight excluding hydrogens is 190 g/mol. The largest absolute Gasteiger partial charge is 0.469 e. The molecule has 1 aliphatic heterocycles. The van der Waals surface area contributed by atoms with Gasteiger partial charge in [-0.05, 0) is 25.8 Å². The SMILES string of the molecule is COC(=O)CC[C@@H]1CCCCN1.Cl. The monoisotopic (exact) mass is 207 g/mol. The molecule has 1 N–H and O–H groups in total. The quantitative estimate of drug-likeness (QED) is 0.713. The molecule has 0 amide bonds. The molecule has 78 valence electrons. The van der Waals surface area contributed by atoms with Crippen molar-refractivity contribution in [2.45, 2.75) is 38.1 Å². The summed E-state index contributed by atoms with van der Waals surface area (Å²) < 4.78 is 4.57. The van der Waals surface area contributed by atoms with Crippen molar-refractivity contribution in [1.29, 1.82) is 0 Å². The normalized spacial score (nSPS) is 21.8. The molecule has 0 spiro atoms. The zero-order valence-corrected chi connectivity index (χ0v) is 8.86. The van der Waals surface area contributed by atoms with E-state index in [0.29, 0.717) is 12.5 Å². The summed E-state index contributed by atoms with van der Waals surface area (Å²) in [6, 6.07) is 0.540. The van der Waals surface area contributed by atoms with Crippen molar-refractivity contribution >= 4 is 18.4 Å². The van der Waals surface area contributed by atoms with Crippen molar-refractivity contribution in [3.63, 3.8) is 0 Å². The second-order valence-electron chi connectivity index (χ2n) is 3.26. The minimum absolute atomic E-state index is 0. The number of piperidine rings is 1. The molecule has 0 aromatic heterocycles. The summed E-state index contributed by atoms with van der Waals surface area (Å²) in [6.07, 6.45) is 5.24. The zero-order valence-electron chi connectivity index (χ0n) is 8.04. The lowest BCUT2D eigenvalue weighted by molar-refractivity contribution is -0.140. The molecular formula is C9H18ClNO2. The van der Waals surface area contributed by atoms with E-state index in [1.165, 1.54) is 26.4 Å². The van der Waals surface area contributed by atoms with Crippen LogP contribution >= 0.6 is 12.4 Å². The number of hydrogen-bond donors (Lipinski definition) is 1. The van der Waals surface area contributed by atoms with Crippen molar-refractivity contribution in [2.24, 2.45) is 0 Å². The van der Waals surface area contributed by atoms with Crippen molar-refractivity contribution in [2.75, 3.05) is 13.7 Å². The molecule has 0 unspecified atom stereocenters. The van der Waals surface area contributed by atoms with Gasteiger partial charge in [0.15, 0.2) is 0 Å². The molecule has 1 fully saturated rings. The lowest BCUT2D eigenvalue weighted by atomic mass is 10.0. The third-order valence-electron chi connectivity index (χ3n) is 2.34. The number of nitrogens with one attached hydrogen (secondary N) is 1. The van der Waals surface area contributed by atoms with Crippen LogP contribution in [0, 0.1) is 0 Å². The van der Waals surface area contributed by atoms with Gasteiger partial charge < -0.3 is 10.1 Å². The number of esters is 1. The van der Waals surface area contributed by atoms with E-state index in [9.17, 15) is 4.79 Å². The molecule has 0 aliphatic carbocycles. The molecule has 1 saturated heterocycles. The summed E-state index contributed by atoms with van der Waals surface area (Å²) in [5.74, 6) is -0.0950. The zero-order chi connectivity index (χ0) is 8.81. The van der Waals surface area contributed by atoms with Crippen LogP contribution in [0.15, 0.2) is 0 Å². The molecule has 1 atom stereocenters. The van der Waals surface area contributed by atoms with Crippen LogP contribution < -0.4 is 5.32 Å². The number of halogens is 1. The summed E-state index contributed by atoms with van der Waals surface area (Å²) in [6.45, 7) is 1.10. The lowest BCUT2D eigenvalue weighted by Crippen LogP contribution is -2.34. The summed E-state index contributed by atoms with van der Waals surface area (Å²) in [5.41, 5.74) is 0.